The van der Waals surface area contributed by atoms with E-state index in [-0.39, 0.29) is 12.1 Å². The van der Waals surface area contributed by atoms with Crippen molar-refractivity contribution in [3.05, 3.63) is 64.9 Å². The average Bonchev–Trinajstić information content (AvgIpc) is 2.53. The first-order valence-corrected chi connectivity index (χ1v) is 7.56. The summed E-state index contributed by atoms with van der Waals surface area (Å²) in [5.74, 6) is 0. The Balaban J connectivity index is 2.22. The van der Waals surface area contributed by atoms with E-state index in [0.29, 0.717) is 11.6 Å². The van der Waals surface area contributed by atoms with Crippen LogP contribution in [0.5, 0.6) is 0 Å². The molecule has 1 N–H and O–H groups in total. The summed E-state index contributed by atoms with van der Waals surface area (Å²) in [6, 6.07) is 12.4. The van der Waals surface area contributed by atoms with Crippen LogP contribution in [-0.2, 0) is 11.2 Å². The number of pyridine rings is 1. The number of nitrogens with zero attached hydrogens (tertiary/aromatic N) is 1. The summed E-state index contributed by atoms with van der Waals surface area (Å²) in [5, 5.41) is 4.05. The quantitative estimate of drug-likeness (QED) is 0.848. The molecule has 0 spiro atoms. The first-order chi connectivity index (χ1) is 10.3. The van der Waals surface area contributed by atoms with Gasteiger partial charge in [0.1, 0.15) is 0 Å². The molecule has 3 nitrogen and oxygen atoms in total. The van der Waals surface area contributed by atoms with Crippen molar-refractivity contribution in [3.63, 3.8) is 0 Å². The molecule has 1 heterocycles. The highest BCUT2D eigenvalue weighted by atomic mass is 35.5. The van der Waals surface area contributed by atoms with Gasteiger partial charge in [-0.25, -0.2) is 0 Å². The molecule has 0 fully saturated rings. The van der Waals surface area contributed by atoms with Gasteiger partial charge in [-0.1, -0.05) is 41.9 Å². The number of benzene rings is 1. The van der Waals surface area contributed by atoms with Gasteiger partial charge in [0.05, 0.1) is 11.1 Å². The van der Waals surface area contributed by atoms with Crippen LogP contribution >= 0.6 is 11.6 Å². The molecule has 21 heavy (non-hydrogen) atoms. The molecule has 0 aliphatic carbocycles. The molecule has 1 aromatic carbocycles. The third kappa shape index (κ3) is 4.27. The molecule has 0 saturated carbocycles. The molecule has 2 aromatic rings. The summed E-state index contributed by atoms with van der Waals surface area (Å²) in [6.45, 7) is 2.68. The van der Waals surface area contributed by atoms with Crippen LogP contribution in [-0.4, -0.2) is 24.7 Å². The van der Waals surface area contributed by atoms with Crippen LogP contribution in [0.2, 0.25) is 5.02 Å². The largest absolute Gasteiger partial charge is 0.372 e. The van der Waals surface area contributed by atoms with Crippen LogP contribution in [0.4, 0.5) is 0 Å². The van der Waals surface area contributed by atoms with Gasteiger partial charge in [0.15, 0.2) is 0 Å². The Labute approximate surface area is 131 Å². The number of hydrogen-bond donors (Lipinski definition) is 1. The second kappa shape index (κ2) is 8.13. The van der Waals surface area contributed by atoms with Crippen LogP contribution in [0.15, 0.2) is 48.8 Å². The molecule has 2 unspecified atom stereocenters. The minimum Gasteiger partial charge on any atom is -0.372 e. The number of halogens is 1. The lowest BCUT2D eigenvalue weighted by atomic mass is 9.96. The average molecular weight is 305 g/mol. The van der Waals surface area contributed by atoms with Crippen molar-refractivity contribution >= 4 is 11.6 Å². The summed E-state index contributed by atoms with van der Waals surface area (Å²) in [6.07, 6.45) is 4.23. The number of ether oxygens (including phenoxy) is 1. The molecule has 0 aliphatic heterocycles. The second-order valence-electron chi connectivity index (χ2n) is 4.85. The van der Waals surface area contributed by atoms with Gasteiger partial charge in [-0.3, -0.25) is 4.98 Å². The van der Waals surface area contributed by atoms with Crippen molar-refractivity contribution in [1.29, 1.82) is 0 Å². The van der Waals surface area contributed by atoms with Gasteiger partial charge < -0.3 is 10.1 Å². The van der Waals surface area contributed by atoms with Crippen LogP contribution in [0, 0.1) is 0 Å². The smallest absolute Gasteiger partial charge is 0.0980 e. The lowest BCUT2D eigenvalue weighted by Gasteiger charge is -2.27. The summed E-state index contributed by atoms with van der Waals surface area (Å²) >= 11 is 6.22. The summed E-state index contributed by atoms with van der Waals surface area (Å²) < 4.78 is 5.97. The van der Waals surface area contributed by atoms with E-state index in [9.17, 15) is 0 Å². The molecule has 2 atom stereocenters. The number of aromatic nitrogens is 1. The minimum absolute atomic E-state index is 0.00886. The maximum Gasteiger partial charge on any atom is 0.0980 e. The molecular weight excluding hydrogens is 284 g/mol. The number of likely N-dealkylation sites (N-methyl/N-ethyl adjacent to an activating group) is 1. The van der Waals surface area contributed by atoms with Crippen molar-refractivity contribution < 1.29 is 4.74 Å². The molecule has 0 aliphatic rings. The topological polar surface area (TPSA) is 34.1 Å². The summed E-state index contributed by atoms with van der Waals surface area (Å²) in [4.78, 5) is 4.03. The third-order valence-electron chi connectivity index (χ3n) is 3.51. The van der Waals surface area contributed by atoms with Gasteiger partial charge in [-0.2, -0.15) is 0 Å². The van der Waals surface area contributed by atoms with Gasteiger partial charge in [0.25, 0.3) is 0 Å². The van der Waals surface area contributed by atoms with E-state index in [1.165, 1.54) is 5.56 Å². The van der Waals surface area contributed by atoms with E-state index in [1.807, 2.05) is 38.2 Å². The van der Waals surface area contributed by atoms with Crippen LogP contribution in [0.1, 0.15) is 24.2 Å². The zero-order chi connectivity index (χ0) is 15.1. The fourth-order valence-corrected chi connectivity index (χ4v) is 2.63. The van der Waals surface area contributed by atoms with E-state index >= 15 is 0 Å². The molecule has 2 rings (SSSR count). The molecule has 0 saturated heterocycles. The summed E-state index contributed by atoms with van der Waals surface area (Å²) in [5.41, 5.74) is 2.25. The number of hydrogen-bond acceptors (Lipinski definition) is 3. The van der Waals surface area contributed by atoms with Crippen molar-refractivity contribution in [1.82, 2.24) is 10.3 Å². The fourth-order valence-electron chi connectivity index (χ4n) is 2.43. The lowest BCUT2D eigenvalue weighted by Crippen LogP contribution is -2.35. The maximum absolute atomic E-state index is 6.22. The van der Waals surface area contributed by atoms with E-state index in [4.69, 9.17) is 16.3 Å². The lowest BCUT2D eigenvalue weighted by molar-refractivity contribution is 0.0352. The molecule has 0 bridgehead atoms. The summed E-state index contributed by atoms with van der Waals surface area (Å²) in [7, 11) is 1.95. The van der Waals surface area contributed by atoms with Gasteiger partial charge in [0.2, 0.25) is 0 Å². The monoisotopic (exact) mass is 304 g/mol. The van der Waals surface area contributed by atoms with Gasteiger partial charge >= 0.3 is 0 Å². The van der Waals surface area contributed by atoms with Gasteiger partial charge in [0, 0.05) is 25.0 Å². The predicted octanol–water partition coefficient (Wildman–Crippen LogP) is 3.64. The van der Waals surface area contributed by atoms with E-state index in [0.717, 1.165) is 12.0 Å². The zero-order valence-corrected chi connectivity index (χ0v) is 13.2. The molecule has 4 heteroatoms. The van der Waals surface area contributed by atoms with Gasteiger partial charge in [-0.15, -0.1) is 0 Å². The Hall–Kier alpha value is -1.42. The van der Waals surface area contributed by atoms with E-state index in [2.05, 4.69) is 22.4 Å². The van der Waals surface area contributed by atoms with E-state index < -0.39 is 0 Å². The predicted molar refractivity (Wildman–Crippen MR) is 86.6 cm³/mol. The fraction of sp³-hybridized carbons (Fsp3) is 0.353. The van der Waals surface area contributed by atoms with Crippen LogP contribution in [0.25, 0.3) is 0 Å². The third-order valence-corrected chi connectivity index (χ3v) is 3.85. The molecule has 1 aromatic heterocycles. The first kappa shape index (κ1) is 16.0. The van der Waals surface area contributed by atoms with Gasteiger partial charge in [-0.05, 0) is 37.6 Å². The minimum atomic E-state index is -0.00886. The second-order valence-corrected chi connectivity index (χ2v) is 5.26. The highest BCUT2D eigenvalue weighted by molar-refractivity contribution is 6.31. The SMILES string of the molecule is CCOC(c1ccccc1)C(Cc1ccncc1Cl)NC. The number of rotatable bonds is 7. The van der Waals surface area contributed by atoms with Crippen LogP contribution < -0.4 is 5.32 Å². The van der Waals surface area contributed by atoms with Crippen LogP contribution in [0.3, 0.4) is 0 Å². The van der Waals surface area contributed by atoms with Crippen molar-refractivity contribution in [2.75, 3.05) is 13.7 Å². The molecule has 0 amide bonds. The Bertz CT molecular complexity index is 547. The highest BCUT2D eigenvalue weighted by Gasteiger charge is 2.23. The Morgan fingerprint density at radius 3 is 2.62 bits per heavy atom. The van der Waals surface area contributed by atoms with Crippen molar-refractivity contribution in [2.45, 2.75) is 25.5 Å². The molecular formula is C17H21ClN2O. The maximum atomic E-state index is 6.22. The van der Waals surface area contributed by atoms with Crippen molar-refractivity contribution in [2.24, 2.45) is 0 Å². The molecule has 0 radical (unpaired) electrons. The highest BCUT2D eigenvalue weighted by Crippen LogP contribution is 2.25. The Kier molecular flexibility index (Phi) is 6.18. The first-order valence-electron chi connectivity index (χ1n) is 7.18. The normalized spacial score (nSPS) is 13.9. The standard InChI is InChI=1S/C17H21ClN2O/c1-3-21-17(13-7-5-4-6-8-13)16(19-2)11-14-9-10-20-12-15(14)18/h4-10,12,16-17,19H,3,11H2,1-2H3. The Morgan fingerprint density at radius 2 is 2.00 bits per heavy atom. The zero-order valence-electron chi connectivity index (χ0n) is 12.4. The molecule has 112 valence electrons. The van der Waals surface area contributed by atoms with Crippen molar-refractivity contribution in [3.8, 4) is 0 Å². The van der Waals surface area contributed by atoms with E-state index in [1.54, 1.807) is 12.4 Å². The number of nitrogens with one attached hydrogen (secondary N) is 1. The Morgan fingerprint density at radius 1 is 1.24 bits per heavy atom.